The van der Waals surface area contributed by atoms with E-state index in [9.17, 15) is 9.18 Å². The third kappa shape index (κ3) is 3.30. The first-order chi connectivity index (χ1) is 4.95. The maximum atomic E-state index is 12.1. The molecular formula is C7H9FN2O. The molecule has 60 valence electrons. The van der Waals surface area contributed by atoms with E-state index in [1.807, 2.05) is 0 Å². The first-order valence-electron chi connectivity index (χ1n) is 2.86. The van der Waals surface area contributed by atoms with Crippen molar-refractivity contribution in [2.45, 2.75) is 6.92 Å². The van der Waals surface area contributed by atoms with Gasteiger partial charge in [-0.3, -0.25) is 4.79 Å². The quantitative estimate of drug-likeness (QED) is 0.356. The third-order valence-corrected chi connectivity index (χ3v) is 0.970. The van der Waals surface area contributed by atoms with Gasteiger partial charge >= 0.3 is 0 Å². The van der Waals surface area contributed by atoms with E-state index in [2.05, 4.69) is 6.58 Å². The van der Waals surface area contributed by atoms with E-state index in [1.54, 1.807) is 0 Å². The number of amides is 1. The van der Waals surface area contributed by atoms with Gasteiger partial charge in [0.25, 0.3) is 5.91 Å². The van der Waals surface area contributed by atoms with Gasteiger partial charge < -0.3 is 11.1 Å². The van der Waals surface area contributed by atoms with Crippen molar-refractivity contribution < 1.29 is 9.18 Å². The topological polar surface area (TPSA) is 66.9 Å². The Morgan fingerprint density at radius 1 is 1.73 bits per heavy atom. The molecule has 0 aromatic carbocycles. The second-order valence-corrected chi connectivity index (χ2v) is 1.99. The SMILES string of the molecule is C=C(F)/C=C(\C(C)=N)C(N)=O. The molecule has 0 spiro atoms. The lowest BCUT2D eigenvalue weighted by molar-refractivity contribution is -0.114. The number of nitrogens with two attached hydrogens (primary N) is 1. The molecule has 0 aromatic rings. The number of hydrogen-bond acceptors (Lipinski definition) is 2. The molecule has 0 aliphatic carbocycles. The van der Waals surface area contributed by atoms with Crippen molar-refractivity contribution in [2.24, 2.45) is 5.73 Å². The van der Waals surface area contributed by atoms with Gasteiger partial charge in [-0.25, -0.2) is 4.39 Å². The van der Waals surface area contributed by atoms with Crippen LogP contribution in [0.25, 0.3) is 0 Å². The fourth-order valence-electron chi connectivity index (χ4n) is 0.521. The fraction of sp³-hybridized carbons (Fsp3) is 0.143. The monoisotopic (exact) mass is 156 g/mol. The summed E-state index contributed by atoms with van der Waals surface area (Å²) in [5, 5.41) is 7.00. The summed E-state index contributed by atoms with van der Waals surface area (Å²) < 4.78 is 12.1. The van der Waals surface area contributed by atoms with E-state index in [0.29, 0.717) is 0 Å². The maximum Gasteiger partial charge on any atom is 0.250 e. The van der Waals surface area contributed by atoms with Crippen molar-refractivity contribution in [3.05, 3.63) is 24.1 Å². The number of carbonyl (C=O) groups is 1. The second kappa shape index (κ2) is 3.65. The van der Waals surface area contributed by atoms with Crippen molar-refractivity contribution in [1.29, 1.82) is 5.41 Å². The van der Waals surface area contributed by atoms with Crippen molar-refractivity contribution in [2.75, 3.05) is 0 Å². The number of carbonyl (C=O) groups excluding carboxylic acids is 1. The minimum absolute atomic E-state index is 0.0729. The largest absolute Gasteiger partial charge is 0.366 e. The van der Waals surface area contributed by atoms with Crippen LogP contribution in [-0.4, -0.2) is 11.6 Å². The van der Waals surface area contributed by atoms with Crippen LogP contribution in [0.1, 0.15) is 6.92 Å². The molecule has 0 fully saturated rings. The molecular weight excluding hydrogens is 147 g/mol. The Morgan fingerprint density at radius 3 is 2.27 bits per heavy atom. The zero-order valence-corrected chi connectivity index (χ0v) is 6.15. The minimum Gasteiger partial charge on any atom is -0.366 e. The maximum absolute atomic E-state index is 12.1. The number of rotatable bonds is 3. The van der Waals surface area contributed by atoms with Crippen LogP contribution in [0.15, 0.2) is 24.1 Å². The Labute approximate surface area is 63.9 Å². The Balaban J connectivity index is 4.75. The number of nitrogens with one attached hydrogen (secondary N) is 1. The lowest BCUT2D eigenvalue weighted by Gasteiger charge is -1.97. The van der Waals surface area contributed by atoms with Crippen LogP contribution in [0.2, 0.25) is 0 Å². The van der Waals surface area contributed by atoms with E-state index >= 15 is 0 Å². The van der Waals surface area contributed by atoms with Crippen LogP contribution in [0.5, 0.6) is 0 Å². The van der Waals surface area contributed by atoms with Gasteiger partial charge in [0.05, 0.1) is 5.57 Å². The number of allylic oxidation sites excluding steroid dienone is 2. The molecule has 0 radical (unpaired) electrons. The van der Waals surface area contributed by atoms with Crippen LogP contribution in [-0.2, 0) is 4.79 Å². The summed E-state index contributed by atoms with van der Waals surface area (Å²) in [6.07, 6.45) is 0.838. The predicted molar refractivity (Wildman–Crippen MR) is 40.9 cm³/mol. The summed E-state index contributed by atoms with van der Waals surface area (Å²) in [5.41, 5.74) is 4.60. The molecule has 0 saturated heterocycles. The summed E-state index contributed by atoms with van der Waals surface area (Å²) in [7, 11) is 0. The van der Waals surface area contributed by atoms with Crippen LogP contribution in [0.3, 0.4) is 0 Å². The van der Waals surface area contributed by atoms with Crippen LogP contribution in [0.4, 0.5) is 4.39 Å². The van der Waals surface area contributed by atoms with Gasteiger partial charge in [0.1, 0.15) is 5.83 Å². The Kier molecular flexibility index (Phi) is 3.17. The normalized spacial score (nSPS) is 10.9. The van der Waals surface area contributed by atoms with Crippen molar-refractivity contribution in [3.8, 4) is 0 Å². The second-order valence-electron chi connectivity index (χ2n) is 1.99. The highest BCUT2D eigenvalue weighted by molar-refractivity contribution is 6.19. The molecule has 0 rings (SSSR count). The first-order valence-corrected chi connectivity index (χ1v) is 2.86. The highest BCUT2D eigenvalue weighted by Crippen LogP contribution is 2.02. The summed E-state index contributed by atoms with van der Waals surface area (Å²) in [5.74, 6) is -1.61. The molecule has 0 aromatic heterocycles. The summed E-state index contributed by atoms with van der Waals surface area (Å²) in [4.78, 5) is 10.5. The molecule has 4 heteroatoms. The lowest BCUT2D eigenvalue weighted by Crippen LogP contribution is -2.18. The zero-order chi connectivity index (χ0) is 9.02. The summed E-state index contributed by atoms with van der Waals surface area (Å²) >= 11 is 0. The Morgan fingerprint density at radius 2 is 2.18 bits per heavy atom. The van der Waals surface area contributed by atoms with Gasteiger partial charge in [0.2, 0.25) is 0 Å². The highest BCUT2D eigenvalue weighted by Gasteiger charge is 2.06. The molecule has 0 aliphatic rings. The molecule has 0 atom stereocenters. The van der Waals surface area contributed by atoms with Gasteiger partial charge in [-0.05, 0) is 13.0 Å². The molecule has 3 N–H and O–H groups in total. The average molecular weight is 156 g/mol. The summed E-state index contributed by atoms with van der Waals surface area (Å²) in [6, 6.07) is 0. The Bertz CT molecular complexity index is 227. The predicted octanol–water partition coefficient (Wildman–Crippen LogP) is 0.921. The van der Waals surface area contributed by atoms with E-state index in [0.717, 1.165) is 6.08 Å². The average Bonchev–Trinajstić information content (AvgIpc) is 1.81. The van der Waals surface area contributed by atoms with Gasteiger partial charge in [-0.2, -0.15) is 0 Å². The van der Waals surface area contributed by atoms with Gasteiger partial charge in [0.15, 0.2) is 0 Å². The van der Waals surface area contributed by atoms with Crippen LogP contribution >= 0.6 is 0 Å². The zero-order valence-electron chi connectivity index (χ0n) is 6.15. The van der Waals surface area contributed by atoms with Crippen molar-refractivity contribution in [1.82, 2.24) is 0 Å². The Hall–Kier alpha value is -1.45. The fourth-order valence-corrected chi connectivity index (χ4v) is 0.521. The van der Waals surface area contributed by atoms with E-state index in [1.165, 1.54) is 6.92 Å². The third-order valence-electron chi connectivity index (χ3n) is 0.970. The molecule has 1 amide bonds. The van der Waals surface area contributed by atoms with Gasteiger partial charge in [0, 0.05) is 5.71 Å². The van der Waals surface area contributed by atoms with Crippen LogP contribution < -0.4 is 5.73 Å². The van der Waals surface area contributed by atoms with E-state index < -0.39 is 11.7 Å². The molecule has 0 unspecified atom stereocenters. The molecule has 3 nitrogen and oxygen atoms in total. The lowest BCUT2D eigenvalue weighted by atomic mass is 10.1. The standard InChI is InChI=1S/C7H9FN2O/c1-4(8)3-6(5(2)9)7(10)11/h3,9H,1H2,2H3,(H2,10,11)/b6-3+,9-5?. The minimum atomic E-state index is -0.823. The number of halogens is 1. The van der Waals surface area contributed by atoms with Gasteiger partial charge in [-0.1, -0.05) is 6.58 Å². The van der Waals surface area contributed by atoms with Gasteiger partial charge in [-0.15, -0.1) is 0 Å². The van der Waals surface area contributed by atoms with E-state index in [-0.39, 0.29) is 11.3 Å². The smallest absolute Gasteiger partial charge is 0.250 e. The van der Waals surface area contributed by atoms with E-state index in [4.69, 9.17) is 11.1 Å². The van der Waals surface area contributed by atoms with Crippen LogP contribution in [0, 0.1) is 5.41 Å². The highest BCUT2D eigenvalue weighted by atomic mass is 19.1. The van der Waals surface area contributed by atoms with Crippen molar-refractivity contribution >= 4 is 11.6 Å². The summed E-state index contributed by atoms with van der Waals surface area (Å²) in [6.45, 7) is 4.26. The molecule has 0 aliphatic heterocycles. The number of hydrogen-bond donors (Lipinski definition) is 2. The van der Waals surface area contributed by atoms with Crippen molar-refractivity contribution in [3.63, 3.8) is 0 Å². The first kappa shape index (κ1) is 9.55. The molecule has 0 saturated carbocycles. The number of primary amides is 1. The molecule has 0 heterocycles. The molecule has 11 heavy (non-hydrogen) atoms. The molecule has 0 bridgehead atoms.